The van der Waals surface area contributed by atoms with E-state index in [0.717, 1.165) is 10.0 Å². The first-order valence-electron chi connectivity index (χ1n) is 6.81. The van der Waals surface area contributed by atoms with E-state index in [2.05, 4.69) is 15.9 Å². The molecule has 6 heteroatoms. The van der Waals surface area contributed by atoms with E-state index in [-0.39, 0.29) is 23.3 Å². The summed E-state index contributed by atoms with van der Waals surface area (Å²) in [7, 11) is -3.48. The highest BCUT2D eigenvalue weighted by atomic mass is 79.9. The summed E-state index contributed by atoms with van der Waals surface area (Å²) in [6.07, 6.45) is 0. The third kappa shape index (κ3) is 2.83. The molecule has 1 aliphatic carbocycles. The summed E-state index contributed by atoms with van der Waals surface area (Å²) >= 11 is 9.18. The third-order valence-electron chi connectivity index (χ3n) is 4.06. The highest BCUT2D eigenvalue weighted by molar-refractivity contribution is 9.10. The molecule has 0 aliphatic heterocycles. The molecule has 3 atom stereocenters. The van der Waals surface area contributed by atoms with Crippen LogP contribution in [0.15, 0.2) is 57.9 Å². The summed E-state index contributed by atoms with van der Waals surface area (Å²) < 4.78 is 26.5. The average Bonchev–Trinajstić information content (AvgIpc) is 3.24. The third-order valence-corrected chi connectivity index (χ3v) is 7.13. The van der Waals surface area contributed by atoms with E-state index in [4.69, 9.17) is 11.6 Å². The predicted octanol–water partition coefficient (Wildman–Crippen LogP) is 3.65. The first kappa shape index (κ1) is 16.0. The van der Waals surface area contributed by atoms with Gasteiger partial charge in [0.25, 0.3) is 0 Å². The molecule has 1 saturated carbocycles. The Morgan fingerprint density at radius 3 is 2.18 bits per heavy atom. The molecule has 116 valence electrons. The van der Waals surface area contributed by atoms with Gasteiger partial charge in [0.2, 0.25) is 0 Å². The van der Waals surface area contributed by atoms with Crippen LogP contribution in [0.3, 0.4) is 0 Å². The Hall–Kier alpha value is -0.880. The highest BCUT2D eigenvalue weighted by Gasteiger charge is 2.58. The van der Waals surface area contributed by atoms with Crippen molar-refractivity contribution in [3.8, 4) is 0 Å². The molecule has 0 aromatic heterocycles. The lowest BCUT2D eigenvalue weighted by Crippen LogP contribution is -2.11. The lowest BCUT2D eigenvalue weighted by Gasteiger charge is -2.04. The van der Waals surface area contributed by atoms with Crippen LogP contribution < -0.4 is 0 Å². The van der Waals surface area contributed by atoms with Crippen LogP contribution in [0, 0.1) is 5.92 Å². The molecule has 0 saturated heterocycles. The van der Waals surface area contributed by atoms with Gasteiger partial charge >= 0.3 is 0 Å². The van der Waals surface area contributed by atoms with Gasteiger partial charge in [-0.15, -0.1) is 0 Å². The van der Waals surface area contributed by atoms with Gasteiger partial charge in [-0.2, -0.15) is 0 Å². The Balaban J connectivity index is 1.93. The molecular weight excluding hydrogens is 388 g/mol. The lowest BCUT2D eigenvalue weighted by atomic mass is 10.1. The van der Waals surface area contributed by atoms with Crippen molar-refractivity contribution < 1.29 is 13.5 Å². The molecular formula is C16H14BrClO3S. The minimum Gasteiger partial charge on any atom is -0.396 e. The van der Waals surface area contributed by atoms with Gasteiger partial charge in [0.15, 0.2) is 9.84 Å². The van der Waals surface area contributed by atoms with Crippen molar-refractivity contribution in [1.29, 1.82) is 0 Å². The Labute approximate surface area is 143 Å². The van der Waals surface area contributed by atoms with Crippen molar-refractivity contribution in [1.82, 2.24) is 0 Å². The molecule has 2 aromatic rings. The number of benzene rings is 2. The molecule has 0 spiro atoms. The van der Waals surface area contributed by atoms with E-state index in [9.17, 15) is 13.5 Å². The van der Waals surface area contributed by atoms with Gasteiger partial charge in [0.05, 0.1) is 10.1 Å². The van der Waals surface area contributed by atoms with Crippen LogP contribution in [0.5, 0.6) is 0 Å². The topological polar surface area (TPSA) is 54.4 Å². The molecule has 0 heterocycles. The van der Waals surface area contributed by atoms with Crippen LogP contribution in [0.4, 0.5) is 0 Å². The van der Waals surface area contributed by atoms with Gasteiger partial charge in [-0.25, -0.2) is 8.42 Å². The molecule has 1 aliphatic rings. The first-order valence-corrected chi connectivity index (χ1v) is 9.52. The largest absolute Gasteiger partial charge is 0.396 e. The van der Waals surface area contributed by atoms with Crippen molar-refractivity contribution in [3.05, 3.63) is 63.6 Å². The van der Waals surface area contributed by atoms with Crippen molar-refractivity contribution in [2.24, 2.45) is 5.92 Å². The summed E-state index contributed by atoms with van der Waals surface area (Å²) in [5.41, 5.74) is 0.935. The maximum atomic E-state index is 12.8. The van der Waals surface area contributed by atoms with E-state index in [1.807, 2.05) is 24.3 Å². The molecule has 0 amide bonds. The second-order valence-electron chi connectivity index (χ2n) is 5.39. The van der Waals surface area contributed by atoms with E-state index >= 15 is 0 Å². The lowest BCUT2D eigenvalue weighted by molar-refractivity contribution is 0.274. The highest BCUT2D eigenvalue weighted by Crippen LogP contribution is 2.53. The number of halogens is 2. The van der Waals surface area contributed by atoms with Gasteiger partial charge < -0.3 is 5.11 Å². The zero-order chi connectivity index (χ0) is 15.9. The molecule has 3 rings (SSSR count). The number of sulfone groups is 1. The second-order valence-corrected chi connectivity index (χ2v) is 8.85. The van der Waals surface area contributed by atoms with E-state index in [1.165, 1.54) is 12.1 Å². The van der Waals surface area contributed by atoms with Crippen LogP contribution in [0.2, 0.25) is 5.02 Å². The minimum atomic E-state index is -3.48. The molecule has 22 heavy (non-hydrogen) atoms. The fraction of sp³-hybridized carbons (Fsp3) is 0.250. The Kier molecular flexibility index (Phi) is 4.34. The summed E-state index contributed by atoms with van der Waals surface area (Å²) in [5, 5.41) is 9.44. The van der Waals surface area contributed by atoms with Gasteiger partial charge in [-0.3, -0.25) is 0 Å². The number of rotatable bonds is 4. The maximum absolute atomic E-state index is 12.8. The van der Waals surface area contributed by atoms with Crippen molar-refractivity contribution in [3.63, 3.8) is 0 Å². The quantitative estimate of drug-likeness (QED) is 0.851. The summed E-state index contributed by atoms with van der Waals surface area (Å²) in [6, 6.07) is 13.7. The molecule has 0 unspecified atom stereocenters. The first-order chi connectivity index (χ1) is 10.4. The Morgan fingerprint density at radius 2 is 1.64 bits per heavy atom. The van der Waals surface area contributed by atoms with E-state index in [1.54, 1.807) is 12.1 Å². The summed E-state index contributed by atoms with van der Waals surface area (Å²) in [6.45, 7) is -0.141. The molecule has 1 fully saturated rings. The molecule has 2 aromatic carbocycles. The fourth-order valence-corrected chi connectivity index (χ4v) is 5.48. The van der Waals surface area contributed by atoms with Crippen molar-refractivity contribution >= 4 is 37.4 Å². The van der Waals surface area contributed by atoms with Gasteiger partial charge in [-0.05, 0) is 42.0 Å². The van der Waals surface area contributed by atoms with Crippen LogP contribution >= 0.6 is 27.5 Å². The van der Waals surface area contributed by atoms with E-state index in [0.29, 0.717) is 5.02 Å². The van der Waals surface area contributed by atoms with E-state index < -0.39 is 15.1 Å². The molecule has 1 N–H and O–H groups in total. The van der Waals surface area contributed by atoms with Crippen molar-refractivity contribution in [2.45, 2.75) is 16.1 Å². The van der Waals surface area contributed by atoms with Gasteiger partial charge in [0.1, 0.15) is 0 Å². The fourth-order valence-electron chi connectivity index (χ4n) is 2.89. The normalized spacial score (nSPS) is 24.2. The maximum Gasteiger partial charge on any atom is 0.182 e. The van der Waals surface area contributed by atoms with Crippen LogP contribution in [-0.4, -0.2) is 25.4 Å². The monoisotopic (exact) mass is 400 g/mol. The van der Waals surface area contributed by atoms with Gasteiger partial charge in [0, 0.05) is 27.9 Å². The van der Waals surface area contributed by atoms with Gasteiger partial charge in [-0.1, -0.05) is 39.7 Å². The predicted molar refractivity (Wildman–Crippen MR) is 89.9 cm³/mol. The standard InChI is InChI=1S/C16H14BrClO3S/c17-11-3-1-10(2-4-11)15-14(9-19)16(15)22(20,21)13-7-5-12(18)6-8-13/h1-8,14-16,19H,9H2/t14-,15+,16+/m1/s1. The molecule has 3 nitrogen and oxygen atoms in total. The minimum absolute atomic E-state index is 0.141. The zero-order valence-electron chi connectivity index (χ0n) is 11.5. The number of hydrogen-bond donors (Lipinski definition) is 1. The summed E-state index contributed by atoms with van der Waals surface area (Å²) in [5.74, 6) is -0.430. The Morgan fingerprint density at radius 1 is 1.05 bits per heavy atom. The van der Waals surface area contributed by atoms with Crippen LogP contribution in [0.25, 0.3) is 0 Å². The molecule has 0 radical (unpaired) electrons. The average molecular weight is 402 g/mol. The SMILES string of the molecule is O=S(=O)(c1ccc(Cl)cc1)[C@H]1[C@H](CO)[C@@H]1c1ccc(Br)cc1. The number of hydrogen-bond acceptors (Lipinski definition) is 3. The Bertz CT molecular complexity index is 772. The second kappa shape index (κ2) is 5.96. The van der Waals surface area contributed by atoms with Crippen LogP contribution in [-0.2, 0) is 9.84 Å². The number of aliphatic hydroxyl groups excluding tert-OH is 1. The smallest absolute Gasteiger partial charge is 0.182 e. The molecule has 0 bridgehead atoms. The zero-order valence-corrected chi connectivity index (χ0v) is 14.6. The van der Waals surface area contributed by atoms with Crippen molar-refractivity contribution in [2.75, 3.05) is 6.61 Å². The summed E-state index contributed by atoms with van der Waals surface area (Å²) in [4.78, 5) is 0.250. The number of aliphatic hydroxyl groups is 1. The van der Waals surface area contributed by atoms with Crippen LogP contribution in [0.1, 0.15) is 11.5 Å².